The normalized spacial score (nSPS) is 44.9. The first-order valence-electron chi connectivity index (χ1n) is 11.9. The van der Waals surface area contributed by atoms with Crippen molar-refractivity contribution < 1.29 is 4.79 Å². The summed E-state index contributed by atoms with van der Waals surface area (Å²) in [6.07, 6.45) is 12.3. The Morgan fingerprint density at radius 3 is 2.54 bits per heavy atom. The molecule has 0 spiro atoms. The van der Waals surface area contributed by atoms with Gasteiger partial charge in [0.25, 0.3) is 0 Å². The van der Waals surface area contributed by atoms with Gasteiger partial charge >= 0.3 is 0 Å². The van der Waals surface area contributed by atoms with Crippen LogP contribution in [0, 0.1) is 46.8 Å². The van der Waals surface area contributed by atoms with Gasteiger partial charge in [0.1, 0.15) is 0 Å². The van der Waals surface area contributed by atoms with E-state index < -0.39 is 0 Å². The van der Waals surface area contributed by atoms with Crippen LogP contribution in [-0.4, -0.2) is 5.91 Å². The Morgan fingerprint density at radius 2 is 1.71 bits per heavy atom. The standard InChI is InChI=1S/C26H37NO/c1-17-8-10-20-18(16-17)9-11-22-21(20)14-15-26(2)23(22)12-13-24(26)25(28)27-19-6-4-3-5-7-19/h3-7,17-18,20-24H,8-16H2,1-2H3,(H,27,28). The molecule has 4 fully saturated rings. The van der Waals surface area contributed by atoms with Crippen molar-refractivity contribution in [1.29, 1.82) is 0 Å². The van der Waals surface area contributed by atoms with Gasteiger partial charge in [0.2, 0.25) is 5.91 Å². The van der Waals surface area contributed by atoms with Gasteiger partial charge in [-0.3, -0.25) is 4.79 Å². The molecule has 2 nitrogen and oxygen atoms in total. The van der Waals surface area contributed by atoms with Crippen LogP contribution < -0.4 is 5.32 Å². The predicted molar refractivity (Wildman–Crippen MR) is 115 cm³/mol. The summed E-state index contributed by atoms with van der Waals surface area (Å²) in [6.45, 7) is 4.93. The van der Waals surface area contributed by atoms with Gasteiger partial charge in [-0.25, -0.2) is 0 Å². The molecule has 5 rings (SSSR count). The summed E-state index contributed by atoms with van der Waals surface area (Å²) in [7, 11) is 0. The zero-order valence-electron chi connectivity index (χ0n) is 17.7. The van der Waals surface area contributed by atoms with Gasteiger partial charge in [-0.2, -0.15) is 0 Å². The Morgan fingerprint density at radius 1 is 0.929 bits per heavy atom. The number of benzene rings is 1. The number of hydrogen-bond donors (Lipinski definition) is 1. The second-order valence-corrected chi connectivity index (χ2v) is 10.9. The minimum Gasteiger partial charge on any atom is -0.326 e. The average molecular weight is 380 g/mol. The van der Waals surface area contributed by atoms with E-state index in [0.29, 0.717) is 0 Å². The molecular formula is C26H37NO. The SMILES string of the molecule is CC1CCC2C(CCC3C2CCC2(C)C(C(=O)Nc4ccccc4)CCC32)C1. The quantitative estimate of drug-likeness (QED) is 0.622. The third-order valence-corrected chi connectivity index (χ3v) is 9.57. The van der Waals surface area contributed by atoms with Crippen LogP contribution in [0.2, 0.25) is 0 Å². The monoisotopic (exact) mass is 379 g/mol. The lowest BCUT2D eigenvalue weighted by molar-refractivity contribution is -0.127. The lowest BCUT2D eigenvalue weighted by Crippen LogP contribution is -2.49. The molecule has 1 aromatic rings. The summed E-state index contributed by atoms with van der Waals surface area (Å²) < 4.78 is 0. The topological polar surface area (TPSA) is 29.1 Å². The first-order valence-corrected chi connectivity index (χ1v) is 11.9. The van der Waals surface area contributed by atoms with E-state index in [2.05, 4.69) is 19.2 Å². The van der Waals surface area contributed by atoms with Crippen LogP contribution in [-0.2, 0) is 4.79 Å². The van der Waals surface area contributed by atoms with E-state index in [1.165, 1.54) is 51.4 Å². The third kappa shape index (κ3) is 3.02. The van der Waals surface area contributed by atoms with E-state index in [0.717, 1.165) is 47.6 Å². The van der Waals surface area contributed by atoms with Gasteiger partial charge < -0.3 is 5.32 Å². The molecule has 28 heavy (non-hydrogen) atoms. The highest BCUT2D eigenvalue weighted by atomic mass is 16.1. The summed E-state index contributed by atoms with van der Waals surface area (Å²) in [6, 6.07) is 10.0. The fourth-order valence-corrected chi connectivity index (χ4v) is 8.27. The Bertz CT molecular complexity index is 714. The van der Waals surface area contributed by atoms with Crippen molar-refractivity contribution in [3.8, 4) is 0 Å². The van der Waals surface area contributed by atoms with Crippen molar-refractivity contribution >= 4 is 11.6 Å². The smallest absolute Gasteiger partial charge is 0.228 e. The lowest BCUT2D eigenvalue weighted by atomic mass is 9.49. The fraction of sp³-hybridized carbons (Fsp3) is 0.731. The molecule has 0 bridgehead atoms. The highest BCUT2D eigenvalue weighted by Gasteiger charge is 2.58. The van der Waals surface area contributed by atoms with E-state index in [1.807, 2.05) is 30.3 Å². The number of para-hydroxylation sites is 1. The molecule has 1 N–H and O–H groups in total. The van der Waals surface area contributed by atoms with Crippen molar-refractivity contribution in [3.05, 3.63) is 30.3 Å². The van der Waals surface area contributed by atoms with Crippen LogP contribution in [0.15, 0.2) is 30.3 Å². The van der Waals surface area contributed by atoms with E-state index in [-0.39, 0.29) is 17.2 Å². The molecule has 0 saturated heterocycles. The second kappa shape index (κ2) is 7.18. The molecule has 1 aromatic carbocycles. The molecule has 1 amide bonds. The summed E-state index contributed by atoms with van der Waals surface area (Å²) in [4.78, 5) is 13.2. The maximum absolute atomic E-state index is 13.2. The molecule has 8 atom stereocenters. The lowest BCUT2D eigenvalue weighted by Gasteiger charge is -2.56. The van der Waals surface area contributed by atoms with Gasteiger partial charge in [0.05, 0.1) is 0 Å². The Balaban J connectivity index is 1.32. The minimum absolute atomic E-state index is 0.197. The molecule has 4 aliphatic carbocycles. The third-order valence-electron chi connectivity index (χ3n) is 9.57. The van der Waals surface area contributed by atoms with Crippen LogP contribution in [0.4, 0.5) is 5.69 Å². The van der Waals surface area contributed by atoms with Crippen molar-refractivity contribution in [2.45, 2.75) is 71.6 Å². The Labute approximate surface area is 170 Å². The predicted octanol–water partition coefficient (Wildman–Crippen LogP) is 6.53. The zero-order chi connectivity index (χ0) is 19.3. The number of carbonyl (C=O) groups is 1. The molecule has 0 aromatic heterocycles. The maximum atomic E-state index is 13.2. The molecule has 152 valence electrons. The second-order valence-electron chi connectivity index (χ2n) is 10.9. The maximum Gasteiger partial charge on any atom is 0.228 e. The zero-order valence-corrected chi connectivity index (χ0v) is 17.7. The average Bonchev–Trinajstić information content (AvgIpc) is 3.05. The molecule has 2 heteroatoms. The van der Waals surface area contributed by atoms with Crippen LogP contribution in [0.1, 0.15) is 71.6 Å². The number of hydrogen-bond acceptors (Lipinski definition) is 1. The summed E-state index contributed by atoms with van der Waals surface area (Å²) >= 11 is 0. The number of fused-ring (bicyclic) bond motifs is 5. The van der Waals surface area contributed by atoms with Gasteiger partial charge in [0, 0.05) is 11.6 Å². The molecule has 0 radical (unpaired) electrons. The first-order chi connectivity index (χ1) is 13.6. The summed E-state index contributed by atoms with van der Waals surface area (Å²) in [5, 5.41) is 3.23. The van der Waals surface area contributed by atoms with E-state index in [1.54, 1.807) is 0 Å². The van der Waals surface area contributed by atoms with Crippen molar-refractivity contribution in [1.82, 2.24) is 0 Å². The number of amides is 1. The van der Waals surface area contributed by atoms with Crippen LogP contribution >= 0.6 is 0 Å². The Kier molecular flexibility index (Phi) is 4.80. The largest absolute Gasteiger partial charge is 0.326 e. The van der Waals surface area contributed by atoms with Crippen molar-refractivity contribution in [2.24, 2.45) is 46.8 Å². The Hall–Kier alpha value is -1.31. The van der Waals surface area contributed by atoms with Gasteiger partial charge in [-0.1, -0.05) is 38.5 Å². The molecule has 0 aliphatic heterocycles. The molecule has 4 aliphatic rings. The number of rotatable bonds is 2. The van der Waals surface area contributed by atoms with Crippen LogP contribution in [0.5, 0.6) is 0 Å². The van der Waals surface area contributed by atoms with Gasteiger partial charge in [0.15, 0.2) is 0 Å². The number of carbonyl (C=O) groups excluding carboxylic acids is 1. The highest BCUT2D eigenvalue weighted by Crippen LogP contribution is 2.64. The highest BCUT2D eigenvalue weighted by molar-refractivity contribution is 5.93. The molecule has 8 unspecified atom stereocenters. The summed E-state index contributed by atoms with van der Waals surface area (Å²) in [5.41, 5.74) is 1.17. The first kappa shape index (κ1) is 18.7. The van der Waals surface area contributed by atoms with Crippen LogP contribution in [0.25, 0.3) is 0 Å². The van der Waals surface area contributed by atoms with E-state index in [4.69, 9.17) is 0 Å². The van der Waals surface area contributed by atoms with Crippen LogP contribution in [0.3, 0.4) is 0 Å². The van der Waals surface area contributed by atoms with Crippen molar-refractivity contribution in [2.75, 3.05) is 5.32 Å². The van der Waals surface area contributed by atoms with E-state index in [9.17, 15) is 4.79 Å². The van der Waals surface area contributed by atoms with E-state index >= 15 is 0 Å². The summed E-state index contributed by atoms with van der Waals surface area (Å²) in [5.74, 6) is 6.05. The van der Waals surface area contributed by atoms with Gasteiger partial charge in [-0.05, 0) is 104 Å². The molecular weight excluding hydrogens is 342 g/mol. The number of anilines is 1. The van der Waals surface area contributed by atoms with Gasteiger partial charge in [-0.15, -0.1) is 0 Å². The van der Waals surface area contributed by atoms with Crippen molar-refractivity contribution in [3.63, 3.8) is 0 Å². The molecule has 4 saturated carbocycles. The fourth-order valence-electron chi connectivity index (χ4n) is 8.27. The molecule has 0 heterocycles. The number of nitrogens with one attached hydrogen (secondary N) is 1. The minimum atomic E-state index is 0.197.